The highest BCUT2D eigenvalue weighted by molar-refractivity contribution is 4.91. The molecule has 1 fully saturated rings. The van der Waals surface area contributed by atoms with Gasteiger partial charge in [-0.3, -0.25) is 4.90 Å². The van der Waals surface area contributed by atoms with Crippen molar-refractivity contribution in [2.24, 2.45) is 0 Å². The molecule has 1 aliphatic rings. The van der Waals surface area contributed by atoms with Gasteiger partial charge in [-0.05, 0) is 47.1 Å². The minimum absolute atomic E-state index is 0.346. The molecule has 2 atom stereocenters. The minimum Gasteiger partial charge on any atom is -0.315 e. The standard InChI is InChI=1S/C12H26N2/c1-6-10(2)14-11(3)9-13-8-7-12(14,4)5/h10-11,13H,6-9H2,1-5H3. The van der Waals surface area contributed by atoms with Crippen molar-refractivity contribution in [3.8, 4) is 0 Å². The number of hydrogen-bond acceptors (Lipinski definition) is 2. The molecule has 1 saturated heterocycles. The highest BCUT2D eigenvalue weighted by Gasteiger charge is 2.34. The first-order valence-corrected chi connectivity index (χ1v) is 5.98. The molecule has 0 amide bonds. The van der Waals surface area contributed by atoms with Crippen LogP contribution in [0.15, 0.2) is 0 Å². The van der Waals surface area contributed by atoms with E-state index in [2.05, 4.69) is 44.8 Å². The van der Waals surface area contributed by atoms with Gasteiger partial charge in [0.05, 0.1) is 0 Å². The molecule has 2 heteroatoms. The fraction of sp³-hybridized carbons (Fsp3) is 1.00. The zero-order valence-corrected chi connectivity index (χ0v) is 10.4. The first kappa shape index (κ1) is 12.0. The van der Waals surface area contributed by atoms with E-state index in [1.165, 1.54) is 12.8 Å². The van der Waals surface area contributed by atoms with E-state index in [9.17, 15) is 0 Å². The molecule has 14 heavy (non-hydrogen) atoms. The molecule has 1 heterocycles. The summed E-state index contributed by atoms with van der Waals surface area (Å²) in [5.41, 5.74) is 0.346. The lowest BCUT2D eigenvalue weighted by Crippen LogP contribution is -2.53. The zero-order chi connectivity index (χ0) is 10.8. The van der Waals surface area contributed by atoms with Crippen LogP contribution in [0.4, 0.5) is 0 Å². The van der Waals surface area contributed by atoms with Gasteiger partial charge in [-0.25, -0.2) is 0 Å². The van der Waals surface area contributed by atoms with Crippen LogP contribution in [0.25, 0.3) is 0 Å². The molecular weight excluding hydrogens is 172 g/mol. The molecule has 0 bridgehead atoms. The van der Waals surface area contributed by atoms with Crippen molar-refractivity contribution in [3.05, 3.63) is 0 Å². The Kier molecular flexibility index (Phi) is 3.96. The van der Waals surface area contributed by atoms with Crippen LogP contribution in [-0.4, -0.2) is 35.6 Å². The molecule has 0 radical (unpaired) electrons. The summed E-state index contributed by atoms with van der Waals surface area (Å²) in [4.78, 5) is 2.69. The first-order chi connectivity index (χ1) is 6.49. The number of hydrogen-bond donors (Lipinski definition) is 1. The predicted octanol–water partition coefficient (Wildman–Crippen LogP) is 2.25. The molecule has 0 saturated carbocycles. The van der Waals surface area contributed by atoms with Crippen LogP contribution < -0.4 is 5.32 Å². The average molecular weight is 198 g/mol. The summed E-state index contributed by atoms with van der Waals surface area (Å²) in [5.74, 6) is 0. The van der Waals surface area contributed by atoms with E-state index in [0.717, 1.165) is 13.1 Å². The average Bonchev–Trinajstić information content (AvgIpc) is 2.23. The zero-order valence-electron chi connectivity index (χ0n) is 10.4. The Hall–Kier alpha value is -0.0800. The highest BCUT2D eigenvalue weighted by atomic mass is 15.3. The molecule has 0 aromatic rings. The quantitative estimate of drug-likeness (QED) is 0.732. The fourth-order valence-electron chi connectivity index (χ4n) is 2.76. The van der Waals surface area contributed by atoms with Crippen molar-refractivity contribution in [2.45, 2.75) is 65.1 Å². The van der Waals surface area contributed by atoms with Crippen LogP contribution in [-0.2, 0) is 0 Å². The van der Waals surface area contributed by atoms with Crippen LogP contribution in [0.2, 0.25) is 0 Å². The van der Waals surface area contributed by atoms with E-state index in [4.69, 9.17) is 0 Å². The van der Waals surface area contributed by atoms with E-state index in [-0.39, 0.29) is 0 Å². The molecule has 1 rings (SSSR count). The molecule has 1 N–H and O–H groups in total. The lowest BCUT2D eigenvalue weighted by Gasteiger charge is -2.44. The van der Waals surface area contributed by atoms with Gasteiger partial charge in [0.15, 0.2) is 0 Å². The van der Waals surface area contributed by atoms with Crippen molar-refractivity contribution in [1.82, 2.24) is 10.2 Å². The normalized spacial score (nSPS) is 31.1. The lowest BCUT2D eigenvalue weighted by atomic mass is 9.94. The monoisotopic (exact) mass is 198 g/mol. The van der Waals surface area contributed by atoms with Crippen LogP contribution >= 0.6 is 0 Å². The summed E-state index contributed by atoms with van der Waals surface area (Å²) >= 11 is 0. The predicted molar refractivity (Wildman–Crippen MR) is 62.6 cm³/mol. The maximum Gasteiger partial charge on any atom is 0.0200 e. The second-order valence-electron chi connectivity index (χ2n) is 5.28. The van der Waals surface area contributed by atoms with Crippen molar-refractivity contribution in [3.63, 3.8) is 0 Å². The Labute approximate surface area is 89.1 Å². The molecule has 1 aliphatic heterocycles. The molecule has 2 unspecified atom stereocenters. The highest BCUT2D eigenvalue weighted by Crippen LogP contribution is 2.26. The van der Waals surface area contributed by atoms with Gasteiger partial charge in [0.25, 0.3) is 0 Å². The molecule has 0 aromatic heterocycles. The van der Waals surface area contributed by atoms with Gasteiger partial charge in [0.2, 0.25) is 0 Å². The largest absolute Gasteiger partial charge is 0.315 e. The SMILES string of the molecule is CCC(C)N1C(C)CNCCC1(C)C. The number of nitrogens with zero attached hydrogens (tertiary/aromatic N) is 1. The third-order valence-electron chi connectivity index (χ3n) is 3.59. The Morgan fingerprint density at radius 2 is 2.14 bits per heavy atom. The van der Waals surface area contributed by atoms with Gasteiger partial charge in [-0.2, -0.15) is 0 Å². The molecule has 0 aliphatic carbocycles. The van der Waals surface area contributed by atoms with E-state index >= 15 is 0 Å². The van der Waals surface area contributed by atoms with Gasteiger partial charge in [0, 0.05) is 24.2 Å². The van der Waals surface area contributed by atoms with Crippen LogP contribution in [0.3, 0.4) is 0 Å². The summed E-state index contributed by atoms with van der Waals surface area (Å²) in [6, 6.07) is 1.35. The summed E-state index contributed by atoms with van der Waals surface area (Å²) < 4.78 is 0. The van der Waals surface area contributed by atoms with E-state index in [1.807, 2.05) is 0 Å². The third kappa shape index (κ3) is 2.48. The van der Waals surface area contributed by atoms with Crippen molar-refractivity contribution in [2.75, 3.05) is 13.1 Å². The Morgan fingerprint density at radius 3 is 2.71 bits per heavy atom. The molecule has 84 valence electrons. The maximum absolute atomic E-state index is 3.52. The van der Waals surface area contributed by atoms with E-state index < -0.39 is 0 Å². The second-order valence-corrected chi connectivity index (χ2v) is 5.28. The Bertz CT molecular complexity index is 177. The van der Waals surface area contributed by atoms with Gasteiger partial charge < -0.3 is 5.32 Å². The fourth-order valence-corrected chi connectivity index (χ4v) is 2.76. The van der Waals surface area contributed by atoms with E-state index in [1.54, 1.807) is 0 Å². The second kappa shape index (κ2) is 4.63. The summed E-state index contributed by atoms with van der Waals surface area (Å²) in [6.45, 7) is 14.0. The van der Waals surface area contributed by atoms with Crippen LogP contribution in [0.5, 0.6) is 0 Å². The molecule has 0 aromatic carbocycles. The van der Waals surface area contributed by atoms with Gasteiger partial charge in [0.1, 0.15) is 0 Å². The lowest BCUT2D eigenvalue weighted by molar-refractivity contribution is 0.0431. The summed E-state index contributed by atoms with van der Waals surface area (Å²) in [6.07, 6.45) is 2.50. The van der Waals surface area contributed by atoms with E-state index in [0.29, 0.717) is 17.6 Å². The van der Waals surface area contributed by atoms with Crippen molar-refractivity contribution in [1.29, 1.82) is 0 Å². The Morgan fingerprint density at radius 1 is 1.50 bits per heavy atom. The molecule has 2 nitrogen and oxygen atoms in total. The first-order valence-electron chi connectivity index (χ1n) is 5.98. The maximum atomic E-state index is 3.52. The van der Waals surface area contributed by atoms with Gasteiger partial charge in [-0.15, -0.1) is 0 Å². The molecule has 0 spiro atoms. The summed E-state index contributed by atoms with van der Waals surface area (Å²) in [5, 5.41) is 3.52. The Balaban J connectivity index is 2.80. The smallest absolute Gasteiger partial charge is 0.0200 e. The van der Waals surface area contributed by atoms with Gasteiger partial charge in [-0.1, -0.05) is 6.92 Å². The molecular formula is C12H26N2. The topological polar surface area (TPSA) is 15.3 Å². The van der Waals surface area contributed by atoms with Crippen LogP contribution in [0, 0.1) is 0 Å². The minimum atomic E-state index is 0.346. The van der Waals surface area contributed by atoms with Crippen LogP contribution in [0.1, 0.15) is 47.5 Å². The van der Waals surface area contributed by atoms with Crippen molar-refractivity contribution >= 4 is 0 Å². The number of nitrogens with one attached hydrogen (secondary N) is 1. The number of rotatable bonds is 2. The van der Waals surface area contributed by atoms with Gasteiger partial charge >= 0.3 is 0 Å². The summed E-state index contributed by atoms with van der Waals surface area (Å²) in [7, 11) is 0. The van der Waals surface area contributed by atoms with Crippen molar-refractivity contribution < 1.29 is 0 Å². The third-order valence-corrected chi connectivity index (χ3v) is 3.59.